The minimum Gasteiger partial charge on any atom is -0.382 e. The molecule has 0 aliphatic rings. The summed E-state index contributed by atoms with van der Waals surface area (Å²) in [5.41, 5.74) is 2.57. The van der Waals surface area contributed by atoms with Gasteiger partial charge in [0.1, 0.15) is 6.79 Å². The lowest BCUT2D eigenvalue weighted by atomic mass is 10.1. The first-order chi connectivity index (χ1) is 14.7. The molecule has 3 aromatic rings. The van der Waals surface area contributed by atoms with Gasteiger partial charge in [-0.3, -0.25) is 10.1 Å². The fraction of sp³-hybridized carbons (Fsp3) is 0.250. The fourth-order valence-corrected chi connectivity index (χ4v) is 4.35. The molecule has 2 aromatic carbocycles. The molecule has 2 N–H and O–H groups in total. The first-order valence-electron chi connectivity index (χ1n) is 9.04. The van der Waals surface area contributed by atoms with Gasteiger partial charge in [0.05, 0.1) is 13.2 Å². The summed E-state index contributed by atoms with van der Waals surface area (Å²) >= 11 is 5.02. The van der Waals surface area contributed by atoms with Gasteiger partial charge < -0.3 is 19.5 Å². The van der Waals surface area contributed by atoms with Gasteiger partial charge in [0, 0.05) is 18.5 Å². The third kappa shape index (κ3) is 6.94. The summed E-state index contributed by atoms with van der Waals surface area (Å²) in [5, 5.41) is 6.52. The van der Waals surface area contributed by atoms with Crippen LogP contribution in [0.5, 0.6) is 0 Å². The Labute approximate surface area is 187 Å². The van der Waals surface area contributed by atoms with E-state index in [1.54, 1.807) is 7.11 Å². The Morgan fingerprint density at radius 1 is 1.07 bits per heavy atom. The first-order valence-corrected chi connectivity index (χ1v) is 11.6. The average molecular weight is 464 g/mol. The molecule has 10 heteroatoms. The summed E-state index contributed by atoms with van der Waals surface area (Å²) in [5.74, 6) is -0.342. The van der Waals surface area contributed by atoms with Crippen LogP contribution in [0.15, 0.2) is 54.6 Å². The molecule has 30 heavy (non-hydrogen) atoms. The van der Waals surface area contributed by atoms with Crippen molar-refractivity contribution in [2.75, 3.05) is 37.8 Å². The zero-order chi connectivity index (χ0) is 21.2. The molecule has 0 spiro atoms. The second kappa shape index (κ2) is 11.8. The molecular weight excluding hydrogens is 442 g/mol. The molecule has 1 amide bonds. The minimum absolute atomic E-state index is 0.0434. The fourth-order valence-electron chi connectivity index (χ4n) is 2.49. The van der Waals surface area contributed by atoms with Crippen molar-refractivity contribution < 1.29 is 19.0 Å². The molecular formula is C20H21N3O4S3. The summed E-state index contributed by atoms with van der Waals surface area (Å²) in [6, 6.07) is 17.3. The van der Waals surface area contributed by atoms with E-state index < -0.39 is 6.10 Å². The Hall–Kier alpha value is -2.21. The molecule has 0 saturated carbocycles. The quantitative estimate of drug-likeness (QED) is 0.179. The van der Waals surface area contributed by atoms with Gasteiger partial charge in [0.2, 0.25) is 5.13 Å². The molecule has 0 fully saturated rings. The number of nitrogens with zero attached hydrogens (tertiary/aromatic N) is 1. The number of aromatic nitrogens is 1. The molecule has 0 bridgehead atoms. The van der Waals surface area contributed by atoms with Gasteiger partial charge in [-0.1, -0.05) is 30.3 Å². The van der Waals surface area contributed by atoms with Gasteiger partial charge >= 0.3 is 0 Å². The zero-order valence-corrected chi connectivity index (χ0v) is 18.6. The van der Waals surface area contributed by atoms with Crippen LogP contribution in [-0.2, 0) is 19.0 Å². The van der Waals surface area contributed by atoms with Gasteiger partial charge in [0.15, 0.2) is 10.1 Å². The minimum atomic E-state index is -0.860. The maximum Gasteiger partial charge on any atom is 0.260 e. The Balaban J connectivity index is 1.69. The number of methoxy groups -OCH3 is 1. The Kier molecular flexibility index (Phi) is 8.87. The molecule has 1 aromatic heterocycles. The van der Waals surface area contributed by atoms with Crippen molar-refractivity contribution in [3.8, 4) is 0 Å². The smallest absolute Gasteiger partial charge is 0.260 e. The van der Waals surface area contributed by atoms with Crippen molar-refractivity contribution in [3.63, 3.8) is 0 Å². The number of ether oxygens (including phenoxy) is 3. The number of rotatable bonds is 11. The van der Waals surface area contributed by atoms with Crippen molar-refractivity contribution in [1.29, 1.82) is 0 Å². The lowest BCUT2D eigenvalue weighted by Crippen LogP contribution is -2.24. The number of anilines is 3. The second-order valence-electron chi connectivity index (χ2n) is 6.02. The number of hydrogen-bond acceptors (Lipinski definition) is 9. The molecule has 1 atom stereocenters. The van der Waals surface area contributed by atoms with E-state index in [-0.39, 0.29) is 12.7 Å². The Morgan fingerprint density at radius 2 is 1.80 bits per heavy atom. The molecule has 1 heterocycles. The summed E-state index contributed by atoms with van der Waals surface area (Å²) < 4.78 is 16.5. The standard InChI is InChI=1S/C20H21N3O4S3/c1-25-11-12-26-13-27-17(18(24)22-19-23-20(28)30-29-19)14-7-9-16(10-8-14)21-15-5-3-2-4-6-15/h2-10,17,21H,11-13H2,1H3,(H,22,23,24,28). The lowest BCUT2D eigenvalue weighted by molar-refractivity contribution is -0.141. The van der Waals surface area contributed by atoms with Crippen LogP contribution in [0.3, 0.4) is 0 Å². The van der Waals surface area contributed by atoms with E-state index in [1.807, 2.05) is 54.6 Å². The number of benzene rings is 2. The van der Waals surface area contributed by atoms with Crippen LogP contribution in [0.1, 0.15) is 11.7 Å². The predicted octanol–water partition coefficient (Wildman–Crippen LogP) is 4.99. The van der Waals surface area contributed by atoms with E-state index in [2.05, 4.69) is 15.6 Å². The average Bonchev–Trinajstić information content (AvgIpc) is 3.16. The van der Waals surface area contributed by atoms with E-state index in [9.17, 15) is 4.79 Å². The van der Waals surface area contributed by atoms with Gasteiger partial charge in [0.25, 0.3) is 5.91 Å². The zero-order valence-electron chi connectivity index (χ0n) is 16.2. The van der Waals surface area contributed by atoms with Crippen molar-refractivity contribution in [2.24, 2.45) is 0 Å². The van der Waals surface area contributed by atoms with Crippen LogP contribution >= 0.6 is 32.9 Å². The largest absolute Gasteiger partial charge is 0.382 e. The maximum atomic E-state index is 12.8. The third-order valence-electron chi connectivity index (χ3n) is 3.88. The van der Waals surface area contributed by atoms with E-state index >= 15 is 0 Å². The topological polar surface area (TPSA) is 81.7 Å². The number of nitrogens with one attached hydrogen (secondary N) is 2. The lowest BCUT2D eigenvalue weighted by Gasteiger charge is -2.18. The molecule has 3 rings (SSSR count). The monoisotopic (exact) mass is 463 g/mol. The van der Waals surface area contributed by atoms with E-state index in [1.165, 1.54) is 20.7 Å². The highest BCUT2D eigenvalue weighted by Crippen LogP contribution is 2.25. The van der Waals surface area contributed by atoms with Crippen molar-refractivity contribution in [3.05, 3.63) is 64.1 Å². The first kappa shape index (κ1) is 22.5. The maximum absolute atomic E-state index is 12.8. The number of para-hydroxylation sites is 1. The van der Waals surface area contributed by atoms with Gasteiger partial charge in [-0.25, -0.2) is 0 Å². The van der Waals surface area contributed by atoms with Gasteiger partial charge in [-0.2, -0.15) is 4.98 Å². The highest BCUT2D eigenvalue weighted by molar-refractivity contribution is 7.79. The molecule has 0 saturated heterocycles. The van der Waals surface area contributed by atoms with Crippen LogP contribution in [-0.4, -0.2) is 38.0 Å². The number of carbonyl (C=O) groups is 1. The van der Waals surface area contributed by atoms with Crippen LogP contribution in [0.4, 0.5) is 16.5 Å². The molecule has 0 aliphatic heterocycles. The van der Waals surface area contributed by atoms with Crippen LogP contribution in [0.25, 0.3) is 0 Å². The number of amides is 1. The van der Waals surface area contributed by atoms with E-state index in [4.69, 9.17) is 26.4 Å². The highest BCUT2D eigenvalue weighted by Gasteiger charge is 2.23. The van der Waals surface area contributed by atoms with Crippen LogP contribution in [0, 0.1) is 3.95 Å². The number of hydrogen-bond donors (Lipinski definition) is 2. The Morgan fingerprint density at radius 3 is 2.47 bits per heavy atom. The third-order valence-corrected chi connectivity index (χ3v) is 6.40. The molecule has 7 nitrogen and oxygen atoms in total. The van der Waals surface area contributed by atoms with Crippen molar-refractivity contribution in [1.82, 2.24) is 4.98 Å². The molecule has 0 aliphatic carbocycles. The van der Waals surface area contributed by atoms with Crippen LogP contribution < -0.4 is 10.6 Å². The summed E-state index contributed by atoms with van der Waals surface area (Å²) in [4.78, 5) is 16.9. The SMILES string of the molecule is COCCOCOC(C(=O)Nc1nc(=S)ss1)c1ccc(Nc2ccccc2)cc1. The molecule has 0 radical (unpaired) electrons. The summed E-state index contributed by atoms with van der Waals surface area (Å²) in [6.45, 7) is 0.776. The van der Waals surface area contributed by atoms with E-state index in [0.717, 1.165) is 11.4 Å². The molecule has 1 unspecified atom stereocenters. The van der Waals surface area contributed by atoms with Gasteiger partial charge in [-0.05, 0) is 62.7 Å². The van der Waals surface area contributed by atoms with Crippen molar-refractivity contribution in [2.45, 2.75) is 6.10 Å². The van der Waals surface area contributed by atoms with Gasteiger partial charge in [-0.15, -0.1) is 0 Å². The predicted molar refractivity (Wildman–Crippen MR) is 122 cm³/mol. The summed E-state index contributed by atoms with van der Waals surface area (Å²) in [7, 11) is 4.23. The summed E-state index contributed by atoms with van der Waals surface area (Å²) in [6.07, 6.45) is -0.860. The second-order valence-corrected chi connectivity index (χ2v) is 8.77. The molecule has 158 valence electrons. The van der Waals surface area contributed by atoms with Crippen LogP contribution in [0.2, 0.25) is 0 Å². The van der Waals surface area contributed by atoms with E-state index in [0.29, 0.717) is 27.9 Å². The number of carbonyl (C=O) groups excluding carboxylic acids is 1. The highest BCUT2D eigenvalue weighted by atomic mass is 32.9. The normalized spacial score (nSPS) is 11.8. The Bertz CT molecular complexity index is 977. The van der Waals surface area contributed by atoms with Crippen molar-refractivity contribution >= 4 is 55.3 Å².